The molecule has 0 radical (unpaired) electrons. The van der Waals surface area contributed by atoms with Crippen LogP contribution in [0.15, 0.2) is 16.8 Å². The number of allylic oxidation sites excluding steroid dienone is 2. The summed E-state index contributed by atoms with van der Waals surface area (Å²) in [5.74, 6) is -1.91. The van der Waals surface area contributed by atoms with Crippen molar-refractivity contribution in [2.24, 2.45) is 16.8 Å². The molecular weight excluding hydrogens is 167 g/mol. The molecule has 0 N–H and O–H groups in total. The fraction of sp³-hybridized carbons (Fsp3) is 0.625. The molecule has 0 amide bonds. The molecule has 0 fully saturated rings. The Balaban J connectivity index is 2.80. The van der Waals surface area contributed by atoms with Gasteiger partial charge in [0.1, 0.15) is 0 Å². The van der Waals surface area contributed by atoms with Crippen molar-refractivity contribution < 1.29 is 13.2 Å². The predicted octanol–water partition coefficient (Wildman–Crippen LogP) is 2.79. The van der Waals surface area contributed by atoms with E-state index in [2.05, 4.69) is 4.99 Å². The minimum atomic E-state index is -4.17. The summed E-state index contributed by atoms with van der Waals surface area (Å²) in [5.41, 5.74) is 0.656. The van der Waals surface area contributed by atoms with Gasteiger partial charge in [-0.2, -0.15) is 13.2 Å². The third kappa shape index (κ3) is 1.87. The van der Waals surface area contributed by atoms with Crippen LogP contribution in [0.3, 0.4) is 0 Å². The van der Waals surface area contributed by atoms with E-state index in [4.69, 9.17) is 0 Å². The maximum absolute atomic E-state index is 12.2. The average Bonchev–Trinajstić information content (AvgIpc) is 1.83. The number of aliphatic imine (C=N–C) groups is 1. The molecule has 0 aromatic carbocycles. The lowest BCUT2D eigenvalue weighted by atomic mass is 9.92. The lowest BCUT2D eigenvalue weighted by molar-refractivity contribution is -0.161. The fourth-order valence-electron chi connectivity index (χ4n) is 1.24. The number of nitrogens with zero attached hydrogens (tertiary/aromatic N) is 1. The molecule has 1 heterocycles. The second kappa shape index (κ2) is 2.92. The van der Waals surface area contributed by atoms with Gasteiger partial charge in [0, 0.05) is 11.9 Å². The first-order chi connectivity index (χ1) is 5.41. The standard InChI is InChI=1S/C8H10F3N/c1-5-3-6(2)12-4-7(5)8(9,10)11/h3-5,7H,1-2H3. The van der Waals surface area contributed by atoms with Crippen LogP contribution < -0.4 is 0 Å². The van der Waals surface area contributed by atoms with Crippen molar-refractivity contribution in [2.45, 2.75) is 20.0 Å². The SMILES string of the molecule is CC1=CC(C)C(C(F)(F)F)C=N1. The summed E-state index contributed by atoms with van der Waals surface area (Å²) in [6.07, 6.45) is -1.64. The van der Waals surface area contributed by atoms with E-state index in [0.717, 1.165) is 6.21 Å². The Bertz CT molecular complexity index is 227. The molecule has 1 aliphatic heterocycles. The normalized spacial score (nSPS) is 30.2. The summed E-state index contributed by atoms with van der Waals surface area (Å²) >= 11 is 0. The van der Waals surface area contributed by atoms with Gasteiger partial charge in [-0.1, -0.05) is 13.0 Å². The number of hydrogen-bond acceptors (Lipinski definition) is 1. The number of rotatable bonds is 0. The molecule has 1 rings (SSSR count). The minimum absolute atomic E-state index is 0.498. The summed E-state index contributed by atoms with van der Waals surface area (Å²) in [7, 11) is 0. The Morgan fingerprint density at radius 3 is 2.42 bits per heavy atom. The zero-order chi connectivity index (χ0) is 9.35. The Kier molecular flexibility index (Phi) is 2.26. The van der Waals surface area contributed by atoms with Gasteiger partial charge in [-0.25, -0.2) is 0 Å². The Morgan fingerprint density at radius 2 is 2.00 bits per heavy atom. The molecule has 68 valence electrons. The lowest BCUT2D eigenvalue weighted by Gasteiger charge is -2.23. The Morgan fingerprint density at radius 1 is 1.42 bits per heavy atom. The van der Waals surface area contributed by atoms with Crippen LogP contribution in [0.2, 0.25) is 0 Å². The molecule has 12 heavy (non-hydrogen) atoms. The monoisotopic (exact) mass is 177 g/mol. The molecule has 0 bridgehead atoms. The van der Waals surface area contributed by atoms with Crippen molar-refractivity contribution in [3.05, 3.63) is 11.8 Å². The van der Waals surface area contributed by atoms with E-state index in [-0.39, 0.29) is 0 Å². The molecule has 0 saturated carbocycles. The highest BCUT2D eigenvalue weighted by molar-refractivity contribution is 5.65. The largest absolute Gasteiger partial charge is 0.397 e. The van der Waals surface area contributed by atoms with Gasteiger partial charge in [-0.3, -0.25) is 4.99 Å². The van der Waals surface area contributed by atoms with E-state index in [1.807, 2.05) is 0 Å². The molecule has 2 atom stereocenters. The molecule has 2 unspecified atom stereocenters. The number of hydrogen-bond donors (Lipinski definition) is 0. The molecule has 0 saturated heterocycles. The summed E-state index contributed by atoms with van der Waals surface area (Å²) in [5, 5.41) is 0. The third-order valence-corrected chi connectivity index (χ3v) is 1.89. The van der Waals surface area contributed by atoms with E-state index in [1.165, 1.54) is 6.08 Å². The highest BCUT2D eigenvalue weighted by atomic mass is 19.4. The number of alkyl halides is 3. The van der Waals surface area contributed by atoms with Gasteiger partial charge >= 0.3 is 6.18 Å². The molecule has 1 nitrogen and oxygen atoms in total. The Hall–Kier alpha value is -0.800. The second-order valence-electron chi connectivity index (χ2n) is 3.01. The average molecular weight is 177 g/mol. The van der Waals surface area contributed by atoms with Crippen LogP contribution in [0, 0.1) is 11.8 Å². The molecule has 0 aromatic rings. The van der Waals surface area contributed by atoms with Gasteiger partial charge < -0.3 is 0 Å². The quantitative estimate of drug-likeness (QED) is 0.539. The maximum atomic E-state index is 12.2. The highest BCUT2D eigenvalue weighted by Gasteiger charge is 2.42. The summed E-state index contributed by atoms with van der Waals surface area (Å²) in [6.45, 7) is 3.24. The first-order valence-electron chi connectivity index (χ1n) is 3.70. The van der Waals surface area contributed by atoms with Gasteiger partial charge in [0.25, 0.3) is 0 Å². The zero-order valence-electron chi connectivity index (χ0n) is 6.89. The first kappa shape index (κ1) is 9.29. The smallest absolute Gasteiger partial charge is 0.266 e. The summed E-state index contributed by atoms with van der Waals surface area (Å²) in [4.78, 5) is 3.64. The fourth-order valence-corrected chi connectivity index (χ4v) is 1.24. The van der Waals surface area contributed by atoms with E-state index < -0.39 is 18.0 Å². The van der Waals surface area contributed by atoms with Crippen LogP contribution in [-0.2, 0) is 0 Å². The first-order valence-corrected chi connectivity index (χ1v) is 3.70. The predicted molar refractivity (Wildman–Crippen MR) is 41.0 cm³/mol. The summed E-state index contributed by atoms with van der Waals surface area (Å²) in [6, 6.07) is 0. The Labute approximate surface area is 69.0 Å². The topological polar surface area (TPSA) is 12.4 Å². The zero-order valence-corrected chi connectivity index (χ0v) is 6.89. The third-order valence-electron chi connectivity index (χ3n) is 1.89. The second-order valence-corrected chi connectivity index (χ2v) is 3.01. The molecular formula is C8H10F3N. The van der Waals surface area contributed by atoms with Crippen molar-refractivity contribution >= 4 is 6.21 Å². The van der Waals surface area contributed by atoms with Crippen LogP contribution in [0.4, 0.5) is 13.2 Å². The van der Waals surface area contributed by atoms with Crippen molar-refractivity contribution in [1.29, 1.82) is 0 Å². The molecule has 0 spiro atoms. The molecule has 0 aliphatic carbocycles. The molecule has 4 heteroatoms. The van der Waals surface area contributed by atoms with Gasteiger partial charge in [-0.15, -0.1) is 0 Å². The van der Waals surface area contributed by atoms with Crippen LogP contribution in [0.1, 0.15) is 13.8 Å². The molecule has 1 aliphatic rings. The van der Waals surface area contributed by atoms with E-state index in [1.54, 1.807) is 13.8 Å². The van der Waals surface area contributed by atoms with Crippen molar-refractivity contribution in [3.8, 4) is 0 Å². The maximum Gasteiger partial charge on any atom is 0.397 e. The van der Waals surface area contributed by atoms with Crippen molar-refractivity contribution in [3.63, 3.8) is 0 Å². The van der Waals surface area contributed by atoms with E-state index in [0.29, 0.717) is 5.70 Å². The van der Waals surface area contributed by atoms with Crippen LogP contribution >= 0.6 is 0 Å². The number of halogens is 3. The van der Waals surface area contributed by atoms with Crippen LogP contribution in [-0.4, -0.2) is 12.4 Å². The minimum Gasteiger partial charge on any atom is -0.266 e. The van der Waals surface area contributed by atoms with Gasteiger partial charge in [0.2, 0.25) is 0 Å². The van der Waals surface area contributed by atoms with Crippen molar-refractivity contribution in [2.75, 3.05) is 0 Å². The van der Waals surface area contributed by atoms with E-state index >= 15 is 0 Å². The van der Waals surface area contributed by atoms with Crippen LogP contribution in [0.25, 0.3) is 0 Å². The highest BCUT2D eigenvalue weighted by Crippen LogP contribution is 2.33. The lowest BCUT2D eigenvalue weighted by Crippen LogP contribution is -2.30. The van der Waals surface area contributed by atoms with E-state index in [9.17, 15) is 13.2 Å². The summed E-state index contributed by atoms with van der Waals surface area (Å²) < 4.78 is 36.6. The van der Waals surface area contributed by atoms with Gasteiger partial charge in [0.15, 0.2) is 0 Å². The molecule has 0 aromatic heterocycles. The van der Waals surface area contributed by atoms with Crippen molar-refractivity contribution in [1.82, 2.24) is 0 Å². The van der Waals surface area contributed by atoms with Gasteiger partial charge in [0.05, 0.1) is 5.92 Å². The van der Waals surface area contributed by atoms with Gasteiger partial charge in [-0.05, 0) is 12.8 Å². The van der Waals surface area contributed by atoms with Crippen LogP contribution in [0.5, 0.6) is 0 Å².